The molecular formula is C42H48N4O9. The molecule has 3 aromatic rings. The fourth-order valence-electron chi connectivity index (χ4n) is 9.69. The molecule has 1 N–H and O–H groups in total. The predicted octanol–water partition coefficient (Wildman–Crippen LogP) is 5.35. The molecule has 55 heavy (non-hydrogen) atoms. The number of carbonyl (C=O) groups excluding carboxylic acids is 4. The Kier molecular flexibility index (Phi) is 9.49. The minimum Gasteiger partial charge on any atom is -0.497 e. The fraction of sp³-hybridized carbons (Fsp3) is 0.476. The third-order valence-corrected chi connectivity index (χ3v) is 12.5. The van der Waals surface area contributed by atoms with Crippen LogP contribution >= 0.6 is 0 Å². The first-order chi connectivity index (χ1) is 26.5. The van der Waals surface area contributed by atoms with Crippen LogP contribution in [0, 0.1) is 11.8 Å². The van der Waals surface area contributed by atoms with Crippen molar-refractivity contribution >= 4 is 41.1 Å². The molecular weight excluding hydrogens is 704 g/mol. The molecule has 3 aromatic carbocycles. The Morgan fingerprint density at radius 3 is 2.18 bits per heavy atom. The summed E-state index contributed by atoms with van der Waals surface area (Å²) in [6.45, 7) is 8.43. The van der Waals surface area contributed by atoms with E-state index in [1.165, 1.54) is 0 Å². The SMILES string of the molecule is COc1ccc(C(C)(C)[C@@H]2[C@@H](CC(=O)N3CCC[C@H]3CO)O[C@]3(C(=O)N(Cc4ccc(N5CCOC5=O)cc4)c4ccc(N5CCOC5=O)cc43)[C@H]2C)cc1. The van der Waals surface area contributed by atoms with Crippen molar-refractivity contribution < 1.29 is 43.2 Å². The van der Waals surface area contributed by atoms with E-state index >= 15 is 4.79 Å². The van der Waals surface area contributed by atoms with Gasteiger partial charge in [0.1, 0.15) is 19.0 Å². The van der Waals surface area contributed by atoms with Crippen LogP contribution in [-0.4, -0.2) is 92.7 Å². The number of likely N-dealkylation sites (tertiary alicyclic amines) is 1. The standard InChI is InChI=1S/C42H48N4O9/c1-26-37(41(2,3)28-9-14-32(52-4)15-10-28)35(23-36(48)43-17-5-6-31(43)25-47)55-42(26)33-22-30(45-19-21-54-40(45)51)13-16-34(33)46(38(42)49)24-27-7-11-29(12-8-27)44-18-20-53-39(44)50/h7-16,22,26,31,35,37,47H,5-6,17-21,23-25H2,1-4H3/t26-,31-,35+,37-,42+/m0/s1. The normalized spacial score (nSPS) is 26.3. The summed E-state index contributed by atoms with van der Waals surface area (Å²) in [5.41, 5.74) is 2.39. The van der Waals surface area contributed by atoms with E-state index in [9.17, 15) is 19.5 Å². The van der Waals surface area contributed by atoms with E-state index in [4.69, 9.17) is 18.9 Å². The van der Waals surface area contributed by atoms with Crippen LogP contribution in [0.2, 0.25) is 0 Å². The fourth-order valence-corrected chi connectivity index (χ4v) is 9.69. The summed E-state index contributed by atoms with van der Waals surface area (Å²) in [4.78, 5) is 61.2. The first-order valence-electron chi connectivity index (χ1n) is 19.1. The number of ether oxygens (including phenoxy) is 4. The smallest absolute Gasteiger partial charge is 0.414 e. The molecule has 0 saturated carbocycles. The van der Waals surface area contributed by atoms with Gasteiger partial charge in [-0.05, 0) is 71.8 Å². The van der Waals surface area contributed by atoms with Crippen LogP contribution in [0.3, 0.4) is 0 Å². The minimum absolute atomic E-state index is 0.0357. The second kappa shape index (κ2) is 14.2. The van der Waals surface area contributed by atoms with E-state index in [0.717, 1.165) is 29.7 Å². The van der Waals surface area contributed by atoms with Gasteiger partial charge in [0, 0.05) is 35.3 Å². The first-order valence-corrected chi connectivity index (χ1v) is 19.1. The van der Waals surface area contributed by atoms with Gasteiger partial charge < -0.3 is 33.9 Å². The van der Waals surface area contributed by atoms with Gasteiger partial charge in [-0.25, -0.2) is 9.59 Å². The zero-order chi connectivity index (χ0) is 38.6. The molecule has 5 aliphatic heterocycles. The zero-order valence-corrected chi connectivity index (χ0v) is 31.7. The van der Waals surface area contributed by atoms with Crippen LogP contribution < -0.4 is 19.4 Å². The number of anilines is 3. The average molecular weight is 753 g/mol. The molecule has 13 nitrogen and oxygen atoms in total. The van der Waals surface area contributed by atoms with E-state index in [1.807, 2.05) is 73.7 Å². The molecule has 8 rings (SSSR count). The van der Waals surface area contributed by atoms with Crippen LogP contribution in [-0.2, 0) is 41.4 Å². The van der Waals surface area contributed by atoms with Gasteiger partial charge in [0.2, 0.25) is 5.91 Å². The number of cyclic esters (lactones) is 2. The highest BCUT2D eigenvalue weighted by molar-refractivity contribution is 6.08. The van der Waals surface area contributed by atoms with Gasteiger partial charge in [0.15, 0.2) is 5.60 Å². The van der Waals surface area contributed by atoms with E-state index in [2.05, 4.69) is 13.8 Å². The number of rotatable bonds is 10. The molecule has 4 amide bonds. The van der Waals surface area contributed by atoms with Crippen LogP contribution in [0.5, 0.6) is 5.75 Å². The molecule has 0 radical (unpaired) electrons. The third kappa shape index (κ3) is 6.08. The Balaban J connectivity index is 1.21. The van der Waals surface area contributed by atoms with Crippen molar-refractivity contribution in [3.8, 4) is 5.75 Å². The summed E-state index contributed by atoms with van der Waals surface area (Å²) in [5, 5.41) is 10.1. The number of carbonyl (C=O) groups is 4. The number of aliphatic hydroxyl groups excluding tert-OH is 1. The Morgan fingerprint density at radius 2 is 1.56 bits per heavy atom. The van der Waals surface area contributed by atoms with Gasteiger partial charge >= 0.3 is 12.2 Å². The zero-order valence-electron chi connectivity index (χ0n) is 31.7. The molecule has 5 heterocycles. The number of methoxy groups -OCH3 is 1. The van der Waals surface area contributed by atoms with E-state index in [0.29, 0.717) is 48.9 Å². The van der Waals surface area contributed by atoms with Gasteiger partial charge in [0.25, 0.3) is 5.91 Å². The number of aliphatic hydroxyl groups is 1. The molecule has 4 fully saturated rings. The van der Waals surface area contributed by atoms with Crippen molar-refractivity contribution in [2.45, 2.75) is 69.7 Å². The molecule has 4 saturated heterocycles. The highest BCUT2D eigenvalue weighted by atomic mass is 16.6. The van der Waals surface area contributed by atoms with E-state index in [-0.39, 0.29) is 56.0 Å². The molecule has 13 heteroatoms. The molecule has 290 valence electrons. The Bertz CT molecular complexity index is 1990. The number of benzene rings is 3. The Labute approximate surface area is 320 Å². The number of fused-ring (bicyclic) bond motifs is 2. The lowest BCUT2D eigenvalue weighted by atomic mass is 9.63. The van der Waals surface area contributed by atoms with Gasteiger partial charge in [-0.3, -0.25) is 19.4 Å². The van der Waals surface area contributed by atoms with Gasteiger partial charge in [-0.1, -0.05) is 45.0 Å². The maximum Gasteiger partial charge on any atom is 0.414 e. The second-order valence-corrected chi connectivity index (χ2v) is 15.7. The predicted molar refractivity (Wildman–Crippen MR) is 203 cm³/mol. The van der Waals surface area contributed by atoms with Crippen LogP contribution in [0.15, 0.2) is 66.7 Å². The summed E-state index contributed by atoms with van der Waals surface area (Å²) in [6, 6.07) is 20.7. The van der Waals surface area contributed by atoms with E-state index in [1.54, 1.807) is 26.7 Å². The quantitative estimate of drug-likeness (QED) is 0.291. The minimum atomic E-state index is -1.49. The molecule has 5 aliphatic rings. The van der Waals surface area contributed by atoms with Crippen molar-refractivity contribution in [2.75, 3.05) is 61.3 Å². The summed E-state index contributed by atoms with van der Waals surface area (Å²) in [6.07, 6.45) is 0.0731. The molecule has 5 atom stereocenters. The summed E-state index contributed by atoms with van der Waals surface area (Å²) in [5.74, 6) is -0.394. The van der Waals surface area contributed by atoms with Gasteiger partial charge in [-0.2, -0.15) is 0 Å². The molecule has 0 aromatic heterocycles. The lowest BCUT2D eigenvalue weighted by Gasteiger charge is -2.39. The van der Waals surface area contributed by atoms with Crippen LogP contribution in [0.1, 0.15) is 56.7 Å². The molecule has 0 unspecified atom stereocenters. The van der Waals surface area contributed by atoms with Crippen molar-refractivity contribution in [1.82, 2.24) is 4.90 Å². The highest BCUT2D eigenvalue weighted by Gasteiger charge is 2.66. The Hall–Kier alpha value is -5.14. The average Bonchev–Trinajstić information content (AvgIpc) is 4.02. The van der Waals surface area contributed by atoms with Crippen molar-refractivity contribution in [1.29, 1.82) is 0 Å². The molecule has 1 spiro atoms. The van der Waals surface area contributed by atoms with Crippen LogP contribution in [0.25, 0.3) is 0 Å². The molecule has 0 bridgehead atoms. The van der Waals surface area contributed by atoms with Gasteiger partial charge in [0.05, 0.1) is 57.6 Å². The first kappa shape index (κ1) is 36.8. The lowest BCUT2D eigenvalue weighted by molar-refractivity contribution is -0.150. The number of hydrogen-bond acceptors (Lipinski definition) is 9. The Morgan fingerprint density at radius 1 is 0.909 bits per heavy atom. The summed E-state index contributed by atoms with van der Waals surface area (Å²) >= 11 is 0. The largest absolute Gasteiger partial charge is 0.497 e. The monoisotopic (exact) mass is 752 g/mol. The summed E-state index contributed by atoms with van der Waals surface area (Å²) in [7, 11) is 1.62. The van der Waals surface area contributed by atoms with Crippen molar-refractivity contribution in [3.63, 3.8) is 0 Å². The maximum absolute atomic E-state index is 15.4. The van der Waals surface area contributed by atoms with E-state index < -0.39 is 29.1 Å². The van der Waals surface area contributed by atoms with Crippen molar-refractivity contribution in [3.05, 3.63) is 83.4 Å². The maximum atomic E-state index is 15.4. The van der Waals surface area contributed by atoms with Crippen molar-refractivity contribution in [2.24, 2.45) is 11.8 Å². The third-order valence-electron chi connectivity index (χ3n) is 12.5. The van der Waals surface area contributed by atoms with Gasteiger partial charge in [-0.15, -0.1) is 0 Å². The highest BCUT2D eigenvalue weighted by Crippen LogP contribution is 2.60. The summed E-state index contributed by atoms with van der Waals surface area (Å²) < 4.78 is 23.1. The number of nitrogens with zero attached hydrogens (tertiary/aromatic N) is 4. The number of amides is 4. The topological polar surface area (TPSA) is 138 Å². The lowest BCUT2D eigenvalue weighted by Crippen LogP contribution is -2.46. The second-order valence-electron chi connectivity index (χ2n) is 15.7. The number of hydrogen-bond donors (Lipinski definition) is 1. The molecule has 0 aliphatic carbocycles. The van der Waals surface area contributed by atoms with Crippen LogP contribution in [0.4, 0.5) is 26.7 Å².